The molecule has 2 N–H and O–H groups in total. The van der Waals surface area contributed by atoms with Gasteiger partial charge in [-0.3, -0.25) is 4.79 Å². The molecule has 0 saturated carbocycles. The molecular weight excluding hydrogens is 378 g/mol. The van der Waals surface area contributed by atoms with Crippen molar-refractivity contribution >= 4 is 29.3 Å². The van der Waals surface area contributed by atoms with Crippen molar-refractivity contribution in [1.29, 1.82) is 0 Å². The van der Waals surface area contributed by atoms with Crippen molar-refractivity contribution in [2.24, 2.45) is 0 Å². The molecular formula is C20H29N3O6. The summed E-state index contributed by atoms with van der Waals surface area (Å²) in [6.45, 7) is 9.37. The van der Waals surface area contributed by atoms with Gasteiger partial charge >= 0.3 is 12.1 Å². The van der Waals surface area contributed by atoms with Crippen LogP contribution in [0.2, 0.25) is 0 Å². The zero-order valence-electron chi connectivity index (χ0n) is 17.5. The van der Waals surface area contributed by atoms with E-state index in [-0.39, 0.29) is 5.56 Å². The van der Waals surface area contributed by atoms with Crippen LogP contribution in [-0.4, -0.2) is 63.0 Å². The molecule has 0 bridgehead atoms. The second-order valence-electron chi connectivity index (χ2n) is 7.68. The highest BCUT2D eigenvalue weighted by Gasteiger charge is 2.23. The molecule has 1 aromatic carbocycles. The lowest BCUT2D eigenvalue weighted by Crippen LogP contribution is -2.44. The van der Waals surface area contributed by atoms with Gasteiger partial charge < -0.3 is 29.7 Å². The van der Waals surface area contributed by atoms with E-state index in [2.05, 4.69) is 15.5 Å². The van der Waals surface area contributed by atoms with Gasteiger partial charge in [0.15, 0.2) is 0 Å². The first-order valence-corrected chi connectivity index (χ1v) is 9.46. The normalized spacial score (nSPS) is 15.3. The van der Waals surface area contributed by atoms with Gasteiger partial charge in [-0.05, 0) is 45.9 Å². The molecule has 0 aromatic heterocycles. The lowest BCUT2D eigenvalue weighted by molar-refractivity contribution is -0.117. The summed E-state index contributed by atoms with van der Waals surface area (Å²) in [5.74, 6) is -1.05. The molecule has 1 heterocycles. The minimum atomic E-state index is -0.866. The minimum absolute atomic E-state index is 0.231. The number of hydrogen-bond acceptors (Lipinski definition) is 7. The first kappa shape index (κ1) is 22.5. The Bertz CT molecular complexity index is 753. The van der Waals surface area contributed by atoms with E-state index in [4.69, 9.17) is 14.2 Å². The van der Waals surface area contributed by atoms with Gasteiger partial charge in [-0.2, -0.15) is 0 Å². The molecule has 1 unspecified atom stereocenters. The number of benzene rings is 1. The highest BCUT2D eigenvalue weighted by molar-refractivity contribution is 6.04. The predicted octanol–water partition coefficient (Wildman–Crippen LogP) is 2.16. The van der Waals surface area contributed by atoms with Crippen LogP contribution in [0.1, 0.15) is 38.1 Å². The molecule has 9 heteroatoms. The fourth-order valence-corrected chi connectivity index (χ4v) is 2.73. The van der Waals surface area contributed by atoms with E-state index in [1.54, 1.807) is 32.9 Å². The number of esters is 1. The van der Waals surface area contributed by atoms with Crippen LogP contribution in [-0.2, 0) is 19.0 Å². The largest absolute Gasteiger partial charge is 0.465 e. The number of amides is 2. The molecule has 1 aliphatic heterocycles. The Morgan fingerprint density at radius 1 is 1.17 bits per heavy atom. The van der Waals surface area contributed by atoms with E-state index < -0.39 is 29.6 Å². The molecule has 160 valence electrons. The maximum atomic E-state index is 12.5. The van der Waals surface area contributed by atoms with Crippen LogP contribution in [0.15, 0.2) is 18.2 Å². The molecule has 1 aliphatic rings. The molecule has 9 nitrogen and oxygen atoms in total. The lowest BCUT2D eigenvalue weighted by Gasteiger charge is -2.29. The summed E-state index contributed by atoms with van der Waals surface area (Å²) in [6, 6.07) is 4.28. The number of nitrogens with zero attached hydrogens (tertiary/aromatic N) is 1. The Morgan fingerprint density at radius 2 is 1.83 bits per heavy atom. The second-order valence-corrected chi connectivity index (χ2v) is 7.68. The maximum Gasteiger partial charge on any atom is 0.408 e. The average molecular weight is 407 g/mol. The summed E-state index contributed by atoms with van der Waals surface area (Å²) in [7, 11) is 1.28. The molecule has 1 aromatic rings. The molecule has 0 spiro atoms. The van der Waals surface area contributed by atoms with E-state index in [0.717, 1.165) is 5.69 Å². The van der Waals surface area contributed by atoms with Crippen LogP contribution in [0.4, 0.5) is 16.2 Å². The number of morpholine rings is 1. The fourth-order valence-electron chi connectivity index (χ4n) is 2.73. The molecule has 2 amide bonds. The summed E-state index contributed by atoms with van der Waals surface area (Å²) in [5, 5.41) is 5.14. The molecule has 1 saturated heterocycles. The van der Waals surface area contributed by atoms with E-state index in [9.17, 15) is 14.4 Å². The van der Waals surface area contributed by atoms with Crippen LogP contribution in [0.25, 0.3) is 0 Å². The topological polar surface area (TPSA) is 106 Å². The Labute approximate surface area is 170 Å². The SMILES string of the molecule is COC(=O)c1cc(N2CCOCC2)ccc1NC(=O)C(C)NC(=O)OC(C)(C)C. The quantitative estimate of drug-likeness (QED) is 0.721. The first-order valence-electron chi connectivity index (χ1n) is 9.46. The van der Waals surface area contributed by atoms with Crippen LogP contribution < -0.4 is 15.5 Å². The third kappa shape index (κ3) is 6.63. The van der Waals surface area contributed by atoms with E-state index >= 15 is 0 Å². The van der Waals surface area contributed by atoms with Crippen LogP contribution in [0.3, 0.4) is 0 Å². The Hall–Kier alpha value is -2.81. The van der Waals surface area contributed by atoms with E-state index in [0.29, 0.717) is 32.0 Å². The number of ether oxygens (including phenoxy) is 3. The number of rotatable bonds is 5. The number of carbonyl (C=O) groups excluding carboxylic acids is 3. The van der Waals surface area contributed by atoms with Crippen molar-refractivity contribution in [3.63, 3.8) is 0 Å². The van der Waals surface area contributed by atoms with Gasteiger partial charge in [0, 0.05) is 18.8 Å². The van der Waals surface area contributed by atoms with Gasteiger partial charge in [0.1, 0.15) is 11.6 Å². The molecule has 0 radical (unpaired) electrons. The lowest BCUT2D eigenvalue weighted by atomic mass is 10.1. The zero-order valence-corrected chi connectivity index (χ0v) is 17.5. The van der Waals surface area contributed by atoms with Gasteiger partial charge in [0.25, 0.3) is 0 Å². The molecule has 1 fully saturated rings. The third-order valence-corrected chi connectivity index (χ3v) is 4.17. The number of carbonyl (C=O) groups is 3. The summed E-state index contributed by atoms with van der Waals surface area (Å²) >= 11 is 0. The fraction of sp³-hybridized carbons (Fsp3) is 0.550. The monoisotopic (exact) mass is 407 g/mol. The Kier molecular flexibility index (Phi) is 7.44. The molecule has 2 rings (SSSR count). The van der Waals surface area contributed by atoms with Gasteiger partial charge in [0.2, 0.25) is 5.91 Å². The third-order valence-electron chi connectivity index (χ3n) is 4.17. The summed E-state index contributed by atoms with van der Waals surface area (Å²) < 4.78 is 15.4. The molecule has 29 heavy (non-hydrogen) atoms. The molecule has 0 aliphatic carbocycles. The van der Waals surface area contributed by atoms with Crippen molar-refractivity contribution in [3.8, 4) is 0 Å². The van der Waals surface area contributed by atoms with Gasteiger partial charge in [-0.15, -0.1) is 0 Å². The van der Waals surface area contributed by atoms with Gasteiger partial charge in [-0.25, -0.2) is 9.59 Å². The maximum absolute atomic E-state index is 12.5. The number of hydrogen-bond donors (Lipinski definition) is 2. The Balaban J connectivity index is 2.12. The standard InChI is InChI=1S/C20H29N3O6/c1-13(21-19(26)29-20(2,3)4)17(24)22-16-7-6-14(12-15(16)18(25)27-5)23-8-10-28-11-9-23/h6-7,12-13H,8-11H2,1-5H3,(H,21,26)(H,22,24). The number of alkyl carbamates (subject to hydrolysis) is 1. The van der Waals surface area contributed by atoms with Crippen LogP contribution in [0, 0.1) is 0 Å². The number of nitrogens with one attached hydrogen (secondary N) is 2. The van der Waals surface area contributed by atoms with E-state index in [1.807, 2.05) is 6.07 Å². The van der Waals surface area contributed by atoms with E-state index in [1.165, 1.54) is 14.0 Å². The summed E-state index contributed by atoms with van der Waals surface area (Å²) in [6.07, 6.45) is -0.698. The Morgan fingerprint density at radius 3 is 2.41 bits per heavy atom. The van der Waals surface area contributed by atoms with Crippen molar-refractivity contribution in [2.45, 2.75) is 39.3 Å². The second kappa shape index (κ2) is 9.60. The predicted molar refractivity (Wildman–Crippen MR) is 108 cm³/mol. The summed E-state index contributed by atoms with van der Waals surface area (Å²) in [4.78, 5) is 38.7. The van der Waals surface area contributed by atoms with Crippen molar-refractivity contribution in [1.82, 2.24) is 5.32 Å². The molecule has 1 atom stereocenters. The van der Waals surface area contributed by atoms with Crippen LogP contribution in [0.5, 0.6) is 0 Å². The minimum Gasteiger partial charge on any atom is -0.465 e. The van der Waals surface area contributed by atoms with Gasteiger partial charge in [0.05, 0.1) is 31.6 Å². The smallest absolute Gasteiger partial charge is 0.408 e. The van der Waals surface area contributed by atoms with Crippen molar-refractivity contribution in [3.05, 3.63) is 23.8 Å². The number of anilines is 2. The average Bonchev–Trinajstić information content (AvgIpc) is 2.66. The van der Waals surface area contributed by atoms with Crippen molar-refractivity contribution < 1.29 is 28.6 Å². The highest BCUT2D eigenvalue weighted by atomic mass is 16.6. The summed E-state index contributed by atoms with van der Waals surface area (Å²) in [5.41, 5.74) is 0.700. The van der Waals surface area contributed by atoms with Gasteiger partial charge in [-0.1, -0.05) is 0 Å². The van der Waals surface area contributed by atoms with Crippen molar-refractivity contribution in [2.75, 3.05) is 43.6 Å². The number of methoxy groups -OCH3 is 1. The zero-order chi connectivity index (χ0) is 21.6. The highest BCUT2D eigenvalue weighted by Crippen LogP contribution is 2.25. The first-order chi connectivity index (χ1) is 13.6. The van der Waals surface area contributed by atoms with Crippen LogP contribution >= 0.6 is 0 Å².